The molecule has 4 atom stereocenters. The summed E-state index contributed by atoms with van der Waals surface area (Å²) >= 11 is 0. The summed E-state index contributed by atoms with van der Waals surface area (Å²) in [4.78, 5) is 23.7. The molecule has 23 heavy (non-hydrogen) atoms. The number of nitrogens with one attached hydrogen (secondary N) is 1. The Labute approximate surface area is 136 Å². The van der Waals surface area contributed by atoms with Crippen molar-refractivity contribution in [3.8, 4) is 0 Å². The molecule has 1 aliphatic carbocycles. The van der Waals surface area contributed by atoms with Crippen LogP contribution in [0.25, 0.3) is 0 Å². The van der Waals surface area contributed by atoms with Crippen LogP contribution >= 0.6 is 0 Å². The zero-order valence-corrected chi connectivity index (χ0v) is 13.1. The summed E-state index contributed by atoms with van der Waals surface area (Å²) in [5.41, 5.74) is 1.03. The topological polar surface area (TPSA) is 75.6 Å². The number of hydrogen-bond donors (Lipinski definition) is 2. The zero-order chi connectivity index (χ0) is 16.2. The van der Waals surface area contributed by atoms with Crippen LogP contribution in [0, 0.1) is 11.8 Å². The van der Waals surface area contributed by atoms with E-state index in [-0.39, 0.29) is 29.9 Å². The van der Waals surface area contributed by atoms with Crippen molar-refractivity contribution < 1.29 is 19.4 Å². The highest BCUT2D eigenvalue weighted by Crippen LogP contribution is 2.34. The van der Waals surface area contributed by atoms with Gasteiger partial charge in [0.15, 0.2) is 0 Å². The largest absolute Gasteiger partial charge is 0.481 e. The van der Waals surface area contributed by atoms with Crippen molar-refractivity contribution >= 4 is 11.9 Å². The molecule has 0 aromatic heterocycles. The van der Waals surface area contributed by atoms with Gasteiger partial charge in [-0.2, -0.15) is 0 Å². The van der Waals surface area contributed by atoms with Gasteiger partial charge in [0.05, 0.1) is 17.9 Å². The van der Waals surface area contributed by atoms with Crippen molar-refractivity contribution in [3.05, 3.63) is 35.9 Å². The molecule has 124 valence electrons. The molecule has 2 fully saturated rings. The second-order valence-electron chi connectivity index (χ2n) is 6.50. The van der Waals surface area contributed by atoms with Crippen molar-refractivity contribution in [2.24, 2.45) is 11.8 Å². The predicted octanol–water partition coefficient (Wildman–Crippen LogP) is 2.52. The van der Waals surface area contributed by atoms with E-state index in [0.29, 0.717) is 19.4 Å². The van der Waals surface area contributed by atoms with Crippen LogP contribution in [0.15, 0.2) is 30.3 Å². The van der Waals surface area contributed by atoms with Gasteiger partial charge in [0.25, 0.3) is 0 Å². The Morgan fingerprint density at radius 3 is 2.61 bits per heavy atom. The minimum atomic E-state index is -0.759. The van der Waals surface area contributed by atoms with E-state index in [1.165, 1.54) is 0 Å². The zero-order valence-electron chi connectivity index (χ0n) is 13.1. The average molecular weight is 317 g/mol. The first-order valence-corrected chi connectivity index (χ1v) is 8.35. The normalized spacial score (nSPS) is 30.8. The number of carbonyl (C=O) groups excluding carboxylic acids is 1. The third-order valence-electron chi connectivity index (χ3n) is 4.92. The van der Waals surface area contributed by atoms with Crippen LogP contribution in [0.3, 0.4) is 0 Å². The molecular formula is C18H23NO4. The molecule has 1 aromatic carbocycles. The van der Waals surface area contributed by atoms with Gasteiger partial charge in [0.2, 0.25) is 5.91 Å². The van der Waals surface area contributed by atoms with E-state index in [4.69, 9.17) is 9.84 Å². The van der Waals surface area contributed by atoms with Crippen LogP contribution < -0.4 is 5.32 Å². The number of ether oxygens (including phenoxy) is 1. The second-order valence-corrected chi connectivity index (χ2v) is 6.50. The lowest BCUT2D eigenvalue weighted by Gasteiger charge is -2.32. The van der Waals surface area contributed by atoms with E-state index in [1.807, 2.05) is 30.3 Å². The summed E-state index contributed by atoms with van der Waals surface area (Å²) in [7, 11) is 0. The van der Waals surface area contributed by atoms with Crippen LogP contribution in [0.4, 0.5) is 0 Å². The number of aliphatic carboxylic acids is 1. The Bertz CT molecular complexity index is 559. The third-order valence-corrected chi connectivity index (χ3v) is 4.92. The van der Waals surface area contributed by atoms with E-state index in [0.717, 1.165) is 24.8 Å². The van der Waals surface area contributed by atoms with E-state index in [2.05, 4.69) is 5.32 Å². The Kier molecular flexibility index (Phi) is 4.96. The standard InChI is InChI=1S/C18H23NO4/c20-17(19-14-9-8-13(11-14)18(21)22)15-7-4-10-23-16(15)12-5-2-1-3-6-12/h1-3,5-6,13-16H,4,7-11H2,(H,19,20)(H,21,22)/t13-,14+,15?,16?/m1/s1. The van der Waals surface area contributed by atoms with Crippen molar-refractivity contribution in [2.75, 3.05) is 6.61 Å². The van der Waals surface area contributed by atoms with Crippen molar-refractivity contribution in [3.63, 3.8) is 0 Å². The van der Waals surface area contributed by atoms with Crippen molar-refractivity contribution in [2.45, 2.75) is 44.2 Å². The van der Waals surface area contributed by atoms with E-state index < -0.39 is 5.97 Å². The lowest BCUT2D eigenvalue weighted by atomic mass is 9.88. The molecule has 1 amide bonds. The number of carboxylic acids is 1. The molecular weight excluding hydrogens is 294 g/mol. The summed E-state index contributed by atoms with van der Waals surface area (Å²) in [6, 6.07) is 9.82. The fourth-order valence-electron chi connectivity index (χ4n) is 3.67. The maximum atomic E-state index is 12.7. The Balaban J connectivity index is 1.64. The smallest absolute Gasteiger partial charge is 0.306 e. The minimum absolute atomic E-state index is 0.00501. The van der Waals surface area contributed by atoms with Gasteiger partial charge in [-0.3, -0.25) is 9.59 Å². The van der Waals surface area contributed by atoms with Crippen LogP contribution in [-0.2, 0) is 14.3 Å². The molecule has 0 bridgehead atoms. The fourth-order valence-corrected chi connectivity index (χ4v) is 3.67. The molecule has 0 spiro atoms. The Morgan fingerprint density at radius 2 is 1.91 bits per heavy atom. The molecule has 5 heteroatoms. The molecule has 3 rings (SSSR count). The maximum Gasteiger partial charge on any atom is 0.306 e. The van der Waals surface area contributed by atoms with Crippen LogP contribution in [0.2, 0.25) is 0 Å². The van der Waals surface area contributed by atoms with Gasteiger partial charge in [-0.25, -0.2) is 0 Å². The molecule has 1 saturated heterocycles. The maximum absolute atomic E-state index is 12.7. The monoisotopic (exact) mass is 317 g/mol. The number of carbonyl (C=O) groups is 2. The summed E-state index contributed by atoms with van der Waals surface area (Å²) < 4.78 is 5.87. The van der Waals surface area contributed by atoms with Gasteiger partial charge in [0, 0.05) is 12.6 Å². The van der Waals surface area contributed by atoms with Crippen LogP contribution in [0.1, 0.15) is 43.8 Å². The van der Waals surface area contributed by atoms with Crippen LogP contribution in [0.5, 0.6) is 0 Å². The fraction of sp³-hybridized carbons (Fsp3) is 0.556. The van der Waals surface area contributed by atoms with E-state index in [1.54, 1.807) is 0 Å². The highest BCUT2D eigenvalue weighted by atomic mass is 16.5. The Hall–Kier alpha value is -1.88. The number of rotatable bonds is 4. The molecule has 2 N–H and O–H groups in total. The lowest BCUT2D eigenvalue weighted by Crippen LogP contribution is -2.42. The van der Waals surface area contributed by atoms with E-state index >= 15 is 0 Å². The number of carboxylic acid groups (broad SMARTS) is 1. The van der Waals surface area contributed by atoms with Gasteiger partial charge < -0.3 is 15.2 Å². The SMILES string of the molecule is O=C(N[C@H]1CC[C@@H](C(=O)O)C1)C1CCCOC1c1ccccc1. The highest BCUT2D eigenvalue weighted by Gasteiger charge is 2.36. The second kappa shape index (κ2) is 7.13. The quantitative estimate of drug-likeness (QED) is 0.895. The third kappa shape index (κ3) is 3.72. The summed E-state index contributed by atoms with van der Waals surface area (Å²) in [6.45, 7) is 0.674. The number of amides is 1. The lowest BCUT2D eigenvalue weighted by molar-refractivity contribution is -0.142. The first-order chi connectivity index (χ1) is 11.1. The molecule has 0 radical (unpaired) electrons. The number of benzene rings is 1. The van der Waals surface area contributed by atoms with Gasteiger partial charge in [-0.1, -0.05) is 30.3 Å². The van der Waals surface area contributed by atoms with Gasteiger partial charge in [-0.05, 0) is 37.7 Å². The first-order valence-electron chi connectivity index (χ1n) is 8.35. The summed E-state index contributed by atoms with van der Waals surface area (Å²) in [5, 5.41) is 12.1. The molecule has 1 aromatic rings. The molecule has 1 saturated carbocycles. The molecule has 2 aliphatic rings. The van der Waals surface area contributed by atoms with Crippen molar-refractivity contribution in [1.29, 1.82) is 0 Å². The van der Waals surface area contributed by atoms with E-state index in [9.17, 15) is 9.59 Å². The van der Waals surface area contributed by atoms with Crippen molar-refractivity contribution in [1.82, 2.24) is 5.32 Å². The highest BCUT2D eigenvalue weighted by molar-refractivity contribution is 5.80. The van der Waals surface area contributed by atoms with Gasteiger partial charge in [0.1, 0.15) is 0 Å². The first kappa shape index (κ1) is 16.0. The summed E-state index contributed by atoms with van der Waals surface area (Å²) in [6.07, 6.45) is 3.40. The number of hydrogen-bond acceptors (Lipinski definition) is 3. The van der Waals surface area contributed by atoms with Gasteiger partial charge in [-0.15, -0.1) is 0 Å². The minimum Gasteiger partial charge on any atom is -0.481 e. The molecule has 1 aliphatic heterocycles. The molecule has 2 unspecified atom stereocenters. The molecule has 1 heterocycles. The van der Waals surface area contributed by atoms with Crippen LogP contribution in [-0.4, -0.2) is 29.6 Å². The summed E-state index contributed by atoms with van der Waals surface area (Å²) in [5.74, 6) is -1.29. The van der Waals surface area contributed by atoms with Gasteiger partial charge >= 0.3 is 5.97 Å². The Morgan fingerprint density at radius 1 is 1.13 bits per heavy atom. The molecule has 5 nitrogen and oxygen atoms in total. The predicted molar refractivity (Wildman–Crippen MR) is 84.8 cm³/mol. The average Bonchev–Trinajstić information content (AvgIpc) is 3.04.